The van der Waals surface area contributed by atoms with E-state index in [-0.39, 0.29) is 42.4 Å². The van der Waals surface area contributed by atoms with Gasteiger partial charge < -0.3 is 10.2 Å². The molecule has 0 bridgehead atoms. The fraction of sp³-hybridized carbons (Fsp3) is 0.640. The van der Waals surface area contributed by atoms with Crippen LogP contribution in [0.1, 0.15) is 68.9 Å². The summed E-state index contributed by atoms with van der Waals surface area (Å²) in [5.41, 5.74) is 5.41. The minimum Gasteiger partial charge on any atom is -0.352 e. The number of hydrogen-bond acceptors (Lipinski definition) is 4. The Hall–Kier alpha value is -2.61. The predicted molar refractivity (Wildman–Crippen MR) is 123 cm³/mol. The second kappa shape index (κ2) is 9.33. The molecule has 8 nitrogen and oxygen atoms in total. The van der Waals surface area contributed by atoms with Crippen molar-refractivity contribution in [3.05, 3.63) is 35.4 Å². The van der Waals surface area contributed by atoms with E-state index in [9.17, 15) is 14.4 Å². The molecule has 2 saturated heterocycles. The molecule has 1 aromatic carbocycles. The Labute approximate surface area is 195 Å². The number of rotatable bonds is 5. The lowest BCUT2D eigenvalue weighted by atomic mass is 9.81. The van der Waals surface area contributed by atoms with Gasteiger partial charge in [-0.1, -0.05) is 61.9 Å². The van der Waals surface area contributed by atoms with E-state index in [0.29, 0.717) is 6.54 Å². The quantitative estimate of drug-likeness (QED) is 0.718. The van der Waals surface area contributed by atoms with Gasteiger partial charge in [0.05, 0.1) is 5.92 Å². The molecule has 8 heteroatoms. The topological polar surface area (TPSA) is 85.0 Å². The van der Waals surface area contributed by atoms with Crippen LogP contribution >= 0.6 is 0 Å². The van der Waals surface area contributed by atoms with Crippen LogP contribution in [-0.4, -0.2) is 57.6 Å². The molecule has 4 amide bonds. The highest BCUT2D eigenvalue weighted by Crippen LogP contribution is 2.38. The van der Waals surface area contributed by atoms with Crippen LogP contribution in [0.4, 0.5) is 4.79 Å². The third-order valence-corrected chi connectivity index (χ3v) is 7.71. The van der Waals surface area contributed by atoms with Gasteiger partial charge in [-0.05, 0) is 38.2 Å². The second-order valence-corrected chi connectivity index (χ2v) is 10.1. The van der Waals surface area contributed by atoms with Crippen LogP contribution in [-0.2, 0) is 16.1 Å². The van der Waals surface area contributed by atoms with Crippen molar-refractivity contribution in [1.82, 2.24) is 25.6 Å². The van der Waals surface area contributed by atoms with Crippen LogP contribution in [0.3, 0.4) is 0 Å². The van der Waals surface area contributed by atoms with E-state index in [1.54, 1.807) is 4.90 Å². The SMILES string of the molecule is Cc1ccc(CN2C(=O)C3CCCCC3N3C(=O)N(CC(=O)NC4CCCCC4)NC23)cc1. The van der Waals surface area contributed by atoms with Crippen LogP contribution in [0, 0.1) is 12.8 Å². The number of carbonyl (C=O) groups excluding carboxylic acids is 3. The summed E-state index contributed by atoms with van der Waals surface area (Å²) in [7, 11) is 0. The summed E-state index contributed by atoms with van der Waals surface area (Å²) in [6, 6.07) is 8.06. The van der Waals surface area contributed by atoms with Gasteiger partial charge in [0, 0.05) is 18.6 Å². The van der Waals surface area contributed by atoms with Crippen molar-refractivity contribution in [3.8, 4) is 0 Å². The Morgan fingerprint density at radius 2 is 1.70 bits per heavy atom. The number of aryl methyl sites for hydroxylation is 1. The highest BCUT2D eigenvalue weighted by Gasteiger charge is 2.54. The molecular weight excluding hydrogens is 418 g/mol. The molecule has 4 fully saturated rings. The number of carbonyl (C=O) groups is 3. The van der Waals surface area contributed by atoms with Gasteiger partial charge in [0.2, 0.25) is 11.8 Å². The van der Waals surface area contributed by atoms with E-state index < -0.39 is 6.29 Å². The lowest BCUT2D eigenvalue weighted by molar-refractivity contribution is -0.157. The molecule has 3 atom stereocenters. The summed E-state index contributed by atoms with van der Waals surface area (Å²) >= 11 is 0. The van der Waals surface area contributed by atoms with E-state index >= 15 is 0 Å². The highest BCUT2D eigenvalue weighted by atomic mass is 16.2. The van der Waals surface area contributed by atoms with Gasteiger partial charge in [-0.3, -0.25) is 14.5 Å². The van der Waals surface area contributed by atoms with E-state index in [4.69, 9.17) is 0 Å². The smallest absolute Gasteiger partial charge is 0.337 e. The molecule has 0 aromatic heterocycles. The van der Waals surface area contributed by atoms with Crippen LogP contribution in [0.2, 0.25) is 0 Å². The van der Waals surface area contributed by atoms with Gasteiger partial charge >= 0.3 is 6.03 Å². The van der Waals surface area contributed by atoms with Crippen molar-refractivity contribution in [2.24, 2.45) is 5.92 Å². The van der Waals surface area contributed by atoms with Gasteiger partial charge in [0.15, 0.2) is 6.29 Å². The van der Waals surface area contributed by atoms with Gasteiger partial charge in [0.1, 0.15) is 6.54 Å². The first-order valence-corrected chi connectivity index (χ1v) is 12.5. The Bertz CT molecular complexity index is 898. The number of benzene rings is 1. The first kappa shape index (κ1) is 22.2. The van der Waals surface area contributed by atoms with Crippen molar-refractivity contribution in [1.29, 1.82) is 0 Å². The largest absolute Gasteiger partial charge is 0.352 e. The number of nitrogens with one attached hydrogen (secondary N) is 2. The zero-order valence-electron chi connectivity index (χ0n) is 19.5. The normalized spacial score (nSPS) is 28.0. The highest BCUT2D eigenvalue weighted by molar-refractivity contribution is 5.88. The molecule has 3 unspecified atom stereocenters. The lowest BCUT2D eigenvalue weighted by Crippen LogP contribution is -2.65. The van der Waals surface area contributed by atoms with Crippen LogP contribution in [0.5, 0.6) is 0 Å². The number of amides is 4. The summed E-state index contributed by atoms with van der Waals surface area (Å²) in [6.07, 6.45) is 8.64. The number of hydrogen-bond donors (Lipinski definition) is 2. The maximum Gasteiger partial charge on any atom is 0.337 e. The van der Waals surface area contributed by atoms with Gasteiger partial charge in [-0.15, -0.1) is 0 Å². The predicted octanol–water partition coefficient (Wildman–Crippen LogP) is 2.87. The minimum absolute atomic E-state index is 0.0354. The third-order valence-electron chi connectivity index (χ3n) is 7.71. The summed E-state index contributed by atoms with van der Waals surface area (Å²) in [5, 5.41) is 4.51. The molecule has 1 aromatic rings. The Morgan fingerprint density at radius 3 is 2.45 bits per heavy atom. The summed E-state index contributed by atoms with van der Waals surface area (Å²) in [5.74, 6) is -0.197. The third kappa shape index (κ3) is 4.45. The number of fused-ring (bicyclic) bond motifs is 3. The van der Waals surface area contributed by atoms with Crippen LogP contribution in [0.25, 0.3) is 0 Å². The standard InChI is InChI=1S/C25H35N5O3/c1-17-11-13-18(14-12-17)15-28-23(32)20-9-5-6-10-21(20)30-24(28)27-29(25(30)33)16-22(31)26-19-7-3-2-4-8-19/h11-14,19-21,24,27H,2-10,15-16H2,1H3,(H,26,31). The van der Waals surface area contributed by atoms with Gasteiger partial charge in [-0.25, -0.2) is 9.80 Å². The van der Waals surface area contributed by atoms with Crippen molar-refractivity contribution in [3.63, 3.8) is 0 Å². The molecule has 2 aliphatic carbocycles. The molecule has 2 aliphatic heterocycles. The van der Waals surface area contributed by atoms with E-state index in [1.165, 1.54) is 17.0 Å². The van der Waals surface area contributed by atoms with E-state index in [2.05, 4.69) is 10.7 Å². The van der Waals surface area contributed by atoms with Gasteiger partial charge in [-0.2, -0.15) is 5.43 Å². The maximum absolute atomic E-state index is 13.5. The van der Waals surface area contributed by atoms with E-state index in [1.807, 2.05) is 36.1 Å². The molecule has 178 valence electrons. The first-order chi connectivity index (χ1) is 16.0. The Balaban J connectivity index is 1.34. The maximum atomic E-state index is 13.5. The molecule has 33 heavy (non-hydrogen) atoms. The fourth-order valence-electron chi connectivity index (χ4n) is 5.94. The molecule has 5 rings (SSSR count). The number of hydrazine groups is 1. The zero-order chi connectivity index (χ0) is 22.9. The average Bonchev–Trinajstić information content (AvgIpc) is 3.14. The molecule has 4 aliphatic rings. The zero-order valence-corrected chi connectivity index (χ0v) is 19.5. The van der Waals surface area contributed by atoms with Crippen LogP contribution < -0.4 is 10.7 Å². The van der Waals surface area contributed by atoms with E-state index in [0.717, 1.165) is 56.9 Å². The molecule has 2 heterocycles. The lowest BCUT2D eigenvalue weighted by Gasteiger charge is -2.48. The number of urea groups is 1. The monoisotopic (exact) mass is 453 g/mol. The number of nitrogens with zero attached hydrogens (tertiary/aromatic N) is 3. The molecule has 2 saturated carbocycles. The minimum atomic E-state index is -0.548. The average molecular weight is 454 g/mol. The van der Waals surface area contributed by atoms with Crippen molar-refractivity contribution < 1.29 is 14.4 Å². The summed E-state index contributed by atoms with van der Waals surface area (Å²) in [4.78, 5) is 43.3. The molecule has 0 radical (unpaired) electrons. The Morgan fingerprint density at radius 1 is 1.00 bits per heavy atom. The van der Waals surface area contributed by atoms with Crippen LogP contribution in [0.15, 0.2) is 24.3 Å². The van der Waals surface area contributed by atoms with Crippen molar-refractivity contribution >= 4 is 17.8 Å². The molecular formula is C25H35N5O3. The Kier molecular flexibility index (Phi) is 6.27. The summed E-state index contributed by atoms with van der Waals surface area (Å²) in [6.45, 7) is 2.44. The first-order valence-electron chi connectivity index (χ1n) is 12.5. The van der Waals surface area contributed by atoms with Crippen molar-refractivity contribution in [2.45, 2.75) is 89.6 Å². The fourth-order valence-corrected chi connectivity index (χ4v) is 5.94. The second-order valence-electron chi connectivity index (χ2n) is 10.1. The summed E-state index contributed by atoms with van der Waals surface area (Å²) < 4.78 is 0. The van der Waals surface area contributed by atoms with Crippen molar-refractivity contribution in [2.75, 3.05) is 6.54 Å². The molecule has 2 N–H and O–H groups in total. The van der Waals surface area contributed by atoms with Gasteiger partial charge in [0.25, 0.3) is 0 Å². The molecule has 0 spiro atoms.